The summed E-state index contributed by atoms with van der Waals surface area (Å²) in [5.74, 6) is 1.72. The molecule has 3 N–H and O–H groups in total. The Kier molecular flexibility index (Phi) is 4.31. The van der Waals surface area contributed by atoms with Gasteiger partial charge in [0, 0.05) is 12.5 Å². The monoisotopic (exact) mass is 252 g/mol. The maximum absolute atomic E-state index is 12.4. The molecule has 2 saturated carbocycles. The van der Waals surface area contributed by atoms with Crippen molar-refractivity contribution in [3.63, 3.8) is 0 Å². The average molecular weight is 252 g/mol. The van der Waals surface area contributed by atoms with Gasteiger partial charge in [-0.15, -0.1) is 0 Å². The number of hydrogen-bond donors (Lipinski definition) is 2. The van der Waals surface area contributed by atoms with E-state index in [1.165, 1.54) is 25.7 Å². The van der Waals surface area contributed by atoms with Gasteiger partial charge in [0.05, 0.1) is 5.54 Å². The second-order valence-corrected chi connectivity index (χ2v) is 6.69. The van der Waals surface area contributed by atoms with Crippen molar-refractivity contribution in [1.82, 2.24) is 5.32 Å². The van der Waals surface area contributed by atoms with Crippen molar-refractivity contribution in [3.05, 3.63) is 0 Å². The zero-order chi connectivity index (χ0) is 13.2. The molecular weight excluding hydrogens is 224 g/mol. The van der Waals surface area contributed by atoms with Crippen LogP contribution in [-0.2, 0) is 4.79 Å². The van der Waals surface area contributed by atoms with E-state index in [4.69, 9.17) is 5.73 Å². The van der Waals surface area contributed by atoms with Crippen LogP contribution in [0.2, 0.25) is 0 Å². The van der Waals surface area contributed by atoms with Crippen LogP contribution in [0.3, 0.4) is 0 Å². The number of carbonyl (C=O) groups excluding carboxylic acids is 1. The maximum atomic E-state index is 12.4. The van der Waals surface area contributed by atoms with Gasteiger partial charge in [-0.05, 0) is 37.5 Å². The quantitative estimate of drug-likeness (QED) is 0.810. The van der Waals surface area contributed by atoms with Crippen molar-refractivity contribution in [2.24, 2.45) is 23.5 Å². The second-order valence-electron chi connectivity index (χ2n) is 6.69. The first-order valence-corrected chi connectivity index (χ1v) is 7.58. The van der Waals surface area contributed by atoms with E-state index in [2.05, 4.69) is 19.2 Å². The largest absolute Gasteiger partial charge is 0.349 e. The van der Waals surface area contributed by atoms with E-state index in [1.807, 2.05) is 0 Å². The zero-order valence-corrected chi connectivity index (χ0v) is 11.9. The third kappa shape index (κ3) is 2.87. The molecule has 2 rings (SSSR count). The van der Waals surface area contributed by atoms with Gasteiger partial charge in [-0.3, -0.25) is 4.79 Å². The lowest BCUT2D eigenvalue weighted by Crippen LogP contribution is -2.57. The van der Waals surface area contributed by atoms with Crippen molar-refractivity contribution in [3.8, 4) is 0 Å². The lowest BCUT2D eigenvalue weighted by molar-refractivity contribution is -0.128. The van der Waals surface area contributed by atoms with Crippen LogP contribution in [0.25, 0.3) is 0 Å². The molecule has 2 fully saturated rings. The van der Waals surface area contributed by atoms with Gasteiger partial charge < -0.3 is 11.1 Å². The molecule has 0 aromatic carbocycles. The van der Waals surface area contributed by atoms with E-state index >= 15 is 0 Å². The molecule has 2 aliphatic rings. The van der Waals surface area contributed by atoms with Crippen LogP contribution in [0.5, 0.6) is 0 Å². The SMILES string of the molecule is CC1CCCC(CN)(NC(=O)C2CCCC2C)C1. The molecular formula is C15H28N2O. The Bertz CT molecular complexity index is 305. The van der Waals surface area contributed by atoms with E-state index < -0.39 is 0 Å². The molecule has 0 heterocycles. The summed E-state index contributed by atoms with van der Waals surface area (Å²) in [6, 6.07) is 0. The summed E-state index contributed by atoms with van der Waals surface area (Å²) in [5, 5.41) is 3.32. The topological polar surface area (TPSA) is 55.1 Å². The standard InChI is InChI=1S/C15H28N2O/c1-11-5-4-8-15(9-11,10-16)17-14(18)13-7-3-6-12(13)2/h11-13H,3-10,16H2,1-2H3,(H,17,18). The summed E-state index contributed by atoms with van der Waals surface area (Å²) in [6.45, 7) is 5.06. The summed E-state index contributed by atoms with van der Waals surface area (Å²) in [7, 11) is 0. The van der Waals surface area contributed by atoms with Crippen LogP contribution in [-0.4, -0.2) is 18.0 Å². The third-order valence-corrected chi connectivity index (χ3v) is 5.07. The Balaban J connectivity index is 1.99. The lowest BCUT2D eigenvalue weighted by atomic mass is 9.76. The van der Waals surface area contributed by atoms with Crippen LogP contribution in [0.1, 0.15) is 58.8 Å². The van der Waals surface area contributed by atoms with Gasteiger partial charge in [-0.1, -0.05) is 33.1 Å². The summed E-state index contributed by atoms with van der Waals surface area (Å²) in [6.07, 6.45) is 8.03. The fraction of sp³-hybridized carbons (Fsp3) is 0.933. The second kappa shape index (κ2) is 5.60. The van der Waals surface area contributed by atoms with Gasteiger partial charge in [-0.25, -0.2) is 0 Å². The predicted octanol–water partition coefficient (Wildman–Crippen LogP) is 2.45. The normalized spacial score (nSPS) is 40.7. The highest BCUT2D eigenvalue weighted by Crippen LogP contribution is 2.35. The van der Waals surface area contributed by atoms with Gasteiger partial charge in [0.1, 0.15) is 0 Å². The molecule has 18 heavy (non-hydrogen) atoms. The molecule has 0 aromatic heterocycles. The highest BCUT2D eigenvalue weighted by atomic mass is 16.2. The number of rotatable bonds is 3. The minimum Gasteiger partial charge on any atom is -0.349 e. The number of carbonyl (C=O) groups is 1. The molecule has 3 heteroatoms. The average Bonchev–Trinajstić information content (AvgIpc) is 2.75. The number of hydrogen-bond acceptors (Lipinski definition) is 2. The highest BCUT2D eigenvalue weighted by Gasteiger charge is 2.38. The summed E-state index contributed by atoms with van der Waals surface area (Å²) < 4.78 is 0. The Labute approximate surface area is 111 Å². The molecule has 3 nitrogen and oxygen atoms in total. The first-order chi connectivity index (χ1) is 8.56. The first-order valence-electron chi connectivity index (χ1n) is 7.58. The molecule has 1 amide bonds. The van der Waals surface area contributed by atoms with Gasteiger partial charge in [-0.2, -0.15) is 0 Å². The van der Waals surface area contributed by atoms with Crippen molar-refractivity contribution < 1.29 is 4.79 Å². The smallest absolute Gasteiger partial charge is 0.223 e. The zero-order valence-electron chi connectivity index (χ0n) is 11.9. The molecule has 4 atom stereocenters. The van der Waals surface area contributed by atoms with E-state index in [9.17, 15) is 4.79 Å². The Hall–Kier alpha value is -0.570. The van der Waals surface area contributed by atoms with Crippen molar-refractivity contribution in [2.45, 2.75) is 64.3 Å². The molecule has 0 bridgehead atoms. The van der Waals surface area contributed by atoms with E-state index in [-0.39, 0.29) is 17.4 Å². The fourth-order valence-electron chi connectivity index (χ4n) is 3.90. The third-order valence-electron chi connectivity index (χ3n) is 5.07. The van der Waals surface area contributed by atoms with Crippen LogP contribution in [0.15, 0.2) is 0 Å². The summed E-state index contributed by atoms with van der Waals surface area (Å²) in [5.41, 5.74) is 5.85. The number of nitrogens with one attached hydrogen (secondary N) is 1. The minimum atomic E-state index is -0.114. The van der Waals surface area contributed by atoms with Crippen LogP contribution in [0.4, 0.5) is 0 Å². The maximum Gasteiger partial charge on any atom is 0.223 e. The Morgan fingerprint density at radius 1 is 1.28 bits per heavy atom. The predicted molar refractivity (Wildman–Crippen MR) is 74.1 cm³/mol. The molecule has 0 spiro atoms. The summed E-state index contributed by atoms with van der Waals surface area (Å²) in [4.78, 5) is 12.4. The van der Waals surface area contributed by atoms with Gasteiger partial charge >= 0.3 is 0 Å². The Morgan fingerprint density at radius 2 is 2.06 bits per heavy atom. The van der Waals surface area contributed by atoms with Crippen LogP contribution >= 0.6 is 0 Å². The molecule has 0 saturated heterocycles. The lowest BCUT2D eigenvalue weighted by Gasteiger charge is -2.40. The molecule has 2 aliphatic carbocycles. The van der Waals surface area contributed by atoms with E-state index in [0.29, 0.717) is 18.4 Å². The van der Waals surface area contributed by atoms with E-state index in [0.717, 1.165) is 19.3 Å². The van der Waals surface area contributed by atoms with Crippen LogP contribution < -0.4 is 11.1 Å². The molecule has 0 aliphatic heterocycles. The van der Waals surface area contributed by atoms with Gasteiger partial charge in [0.15, 0.2) is 0 Å². The van der Waals surface area contributed by atoms with Crippen molar-refractivity contribution in [2.75, 3.05) is 6.54 Å². The Morgan fingerprint density at radius 3 is 2.61 bits per heavy atom. The summed E-state index contributed by atoms with van der Waals surface area (Å²) >= 11 is 0. The minimum absolute atomic E-state index is 0.114. The molecule has 0 aromatic rings. The van der Waals surface area contributed by atoms with Crippen LogP contribution in [0, 0.1) is 17.8 Å². The van der Waals surface area contributed by atoms with Gasteiger partial charge in [0.2, 0.25) is 5.91 Å². The van der Waals surface area contributed by atoms with E-state index in [1.54, 1.807) is 0 Å². The highest BCUT2D eigenvalue weighted by molar-refractivity contribution is 5.80. The molecule has 4 unspecified atom stereocenters. The number of nitrogens with two attached hydrogens (primary N) is 1. The number of amides is 1. The fourth-order valence-corrected chi connectivity index (χ4v) is 3.90. The van der Waals surface area contributed by atoms with Crippen molar-refractivity contribution >= 4 is 5.91 Å². The van der Waals surface area contributed by atoms with Crippen molar-refractivity contribution in [1.29, 1.82) is 0 Å². The van der Waals surface area contributed by atoms with Gasteiger partial charge in [0.25, 0.3) is 0 Å². The molecule has 0 radical (unpaired) electrons. The molecule has 104 valence electrons. The first kappa shape index (κ1) is 13.9.